The van der Waals surface area contributed by atoms with Crippen molar-refractivity contribution in [1.29, 1.82) is 0 Å². The van der Waals surface area contributed by atoms with Crippen LogP contribution in [-0.4, -0.2) is 16.1 Å². The molecular formula is C15H13ClN4O. The molecular weight excluding hydrogens is 288 g/mol. The molecule has 5 nitrogen and oxygen atoms in total. The van der Waals surface area contributed by atoms with Crippen LogP contribution < -0.4 is 11.1 Å². The second-order valence-electron chi connectivity index (χ2n) is 4.79. The maximum absolute atomic E-state index is 12.4. The van der Waals surface area contributed by atoms with E-state index in [0.29, 0.717) is 27.5 Å². The summed E-state index contributed by atoms with van der Waals surface area (Å²) in [7, 11) is 0. The molecule has 4 N–H and O–H groups in total. The standard InChI is InChI=1S/C15H13ClN4O/c1-8-2-3-9(16)6-13(8)18-15(21)14-11-7-10(17)4-5-12(11)19-20-14/h2-7H,17H2,1H3,(H,18,21)(H,19,20). The molecule has 0 aliphatic rings. The summed E-state index contributed by atoms with van der Waals surface area (Å²) in [5.41, 5.74) is 8.99. The molecule has 0 aliphatic carbocycles. The molecule has 6 heteroatoms. The lowest BCUT2D eigenvalue weighted by Crippen LogP contribution is -2.13. The third-order valence-corrected chi connectivity index (χ3v) is 3.48. The number of nitrogens with zero attached hydrogens (tertiary/aromatic N) is 1. The monoisotopic (exact) mass is 300 g/mol. The van der Waals surface area contributed by atoms with Gasteiger partial charge in [0, 0.05) is 21.8 Å². The van der Waals surface area contributed by atoms with E-state index in [9.17, 15) is 4.79 Å². The van der Waals surface area contributed by atoms with Crippen molar-refractivity contribution in [1.82, 2.24) is 10.2 Å². The van der Waals surface area contributed by atoms with Crippen molar-refractivity contribution in [3.63, 3.8) is 0 Å². The van der Waals surface area contributed by atoms with Crippen LogP contribution in [-0.2, 0) is 0 Å². The first-order valence-corrected chi connectivity index (χ1v) is 6.73. The fourth-order valence-electron chi connectivity index (χ4n) is 2.12. The molecule has 3 aromatic rings. The smallest absolute Gasteiger partial charge is 0.276 e. The van der Waals surface area contributed by atoms with Gasteiger partial charge >= 0.3 is 0 Å². The third-order valence-electron chi connectivity index (χ3n) is 3.25. The Hall–Kier alpha value is -2.53. The summed E-state index contributed by atoms with van der Waals surface area (Å²) < 4.78 is 0. The van der Waals surface area contributed by atoms with Gasteiger partial charge in [-0.15, -0.1) is 0 Å². The fraction of sp³-hybridized carbons (Fsp3) is 0.0667. The highest BCUT2D eigenvalue weighted by atomic mass is 35.5. The zero-order chi connectivity index (χ0) is 15.0. The molecule has 21 heavy (non-hydrogen) atoms. The van der Waals surface area contributed by atoms with Crippen molar-refractivity contribution in [3.8, 4) is 0 Å². The van der Waals surface area contributed by atoms with E-state index < -0.39 is 0 Å². The van der Waals surface area contributed by atoms with Crippen LogP contribution in [0.25, 0.3) is 10.9 Å². The molecule has 0 fully saturated rings. The number of anilines is 2. The number of nitrogens with one attached hydrogen (secondary N) is 2. The minimum absolute atomic E-state index is 0.302. The predicted molar refractivity (Wildman–Crippen MR) is 84.6 cm³/mol. The summed E-state index contributed by atoms with van der Waals surface area (Å²) >= 11 is 5.95. The lowest BCUT2D eigenvalue weighted by atomic mass is 10.1. The van der Waals surface area contributed by atoms with Gasteiger partial charge in [-0.1, -0.05) is 17.7 Å². The molecule has 0 unspecified atom stereocenters. The fourth-order valence-corrected chi connectivity index (χ4v) is 2.29. The summed E-state index contributed by atoms with van der Waals surface area (Å²) in [5.74, 6) is -0.308. The van der Waals surface area contributed by atoms with Gasteiger partial charge in [-0.25, -0.2) is 0 Å². The Morgan fingerprint density at radius 1 is 1.29 bits per heavy atom. The number of rotatable bonds is 2. The van der Waals surface area contributed by atoms with E-state index in [0.717, 1.165) is 11.1 Å². The van der Waals surface area contributed by atoms with Crippen molar-refractivity contribution in [2.45, 2.75) is 6.92 Å². The lowest BCUT2D eigenvalue weighted by Gasteiger charge is -2.07. The molecule has 0 spiro atoms. The highest BCUT2D eigenvalue weighted by Crippen LogP contribution is 2.23. The maximum Gasteiger partial charge on any atom is 0.276 e. The Kier molecular flexibility index (Phi) is 3.27. The largest absolute Gasteiger partial charge is 0.399 e. The van der Waals surface area contributed by atoms with Crippen LogP contribution in [0.4, 0.5) is 11.4 Å². The zero-order valence-corrected chi connectivity index (χ0v) is 12.0. The number of hydrogen-bond donors (Lipinski definition) is 3. The number of amides is 1. The van der Waals surface area contributed by atoms with Gasteiger partial charge in [0.05, 0.1) is 5.52 Å². The maximum atomic E-state index is 12.4. The molecule has 0 aliphatic heterocycles. The van der Waals surface area contributed by atoms with Gasteiger partial charge in [-0.2, -0.15) is 5.10 Å². The normalized spacial score (nSPS) is 10.8. The van der Waals surface area contributed by atoms with Crippen LogP contribution in [0.15, 0.2) is 36.4 Å². The van der Waals surface area contributed by atoms with Crippen LogP contribution in [0.1, 0.15) is 16.1 Å². The highest BCUT2D eigenvalue weighted by molar-refractivity contribution is 6.31. The molecule has 0 saturated heterocycles. The number of aromatic amines is 1. The van der Waals surface area contributed by atoms with Crippen LogP contribution in [0.5, 0.6) is 0 Å². The van der Waals surface area contributed by atoms with E-state index in [1.54, 1.807) is 30.3 Å². The Balaban J connectivity index is 1.97. The molecule has 1 amide bonds. The number of carbonyl (C=O) groups is 1. The summed E-state index contributed by atoms with van der Waals surface area (Å²) in [6, 6.07) is 10.6. The predicted octanol–water partition coefficient (Wildman–Crippen LogP) is 3.36. The lowest BCUT2D eigenvalue weighted by molar-refractivity contribution is 0.102. The van der Waals surface area contributed by atoms with Gasteiger partial charge in [0.1, 0.15) is 0 Å². The van der Waals surface area contributed by atoms with E-state index >= 15 is 0 Å². The molecule has 106 valence electrons. The summed E-state index contributed by atoms with van der Waals surface area (Å²) in [6.45, 7) is 1.90. The van der Waals surface area contributed by atoms with Gasteiger partial charge in [0.25, 0.3) is 5.91 Å². The first-order valence-electron chi connectivity index (χ1n) is 6.36. The average molecular weight is 301 g/mol. The topological polar surface area (TPSA) is 83.8 Å². The van der Waals surface area contributed by atoms with Gasteiger partial charge in [0.2, 0.25) is 0 Å². The number of H-pyrrole nitrogens is 1. The third kappa shape index (κ3) is 2.55. The SMILES string of the molecule is Cc1ccc(Cl)cc1NC(=O)c1n[nH]c2ccc(N)cc12. The van der Waals surface area contributed by atoms with Gasteiger partial charge < -0.3 is 11.1 Å². The molecule has 2 aromatic carbocycles. The number of nitrogens with two attached hydrogens (primary N) is 1. The van der Waals surface area contributed by atoms with Crippen LogP contribution >= 0.6 is 11.6 Å². The first-order chi connectivity index (χ1) is 10.0. The van der Waals surface area contributed by atoms with Crippen molar-refractivity contribution in [2.75, 3.05) is 11.1 Å². The van der Waals surface area contributed by atoms with Gasteiger partial charge in [0.15, 0.2) is 5.69 Å². The molecule has 0 saturated carbocycles. The number of benzene rings is 2. The first kappa shape index (κ1) is 13.5. The van der Waals surface area contributed by atoms with E-state index in [2.05, 4.69) is 15.5 Å². The Labute approximate surface area is 126 Å². The molecule has 0 bridgehead atoms. The van der Waals surface area contributed by atoms with E-state index in [1.165, 1.54) is 0 Å². The number of halogens is 1. The average Bonchev–Trinajstić information content (AvgIpc) is 2.85. The number of nitrogen functional groups attached to an aromatic ring is 1. The van der Waals surface area contributed by atoms with Crippen molar-refractivity contribution >= 4 is 39.8 Å². The van der Waals surface area contributed by atoms with Crippen LogP contribution in [0.2, 0.25) is 5.02 Å². The second-order valence-corrected chi connectivity index (χ2v) is 5.23. The molecule has 1 aromatic heterocycles. The van der Waals surface area contributed by atoms with Crippen molar-refractivity contribution in [2.24, 2.45) is 0 Å². The van der Waals surface area contributed by atoms with E-state index in [1.807, 2.05) is 13.0 Å². The summed E-state index contributed by atoms with van der Waals surface area (Å²) in [6.07, 6.45) is 0. The zero-order valence-electron chi connectivity index (χ0n) is 11.3. The highest BCUT2D eigenvalue weighted by Gasteiger charge is 2.15. The molecule has 3 rings (SSSR count). The number of fused-ring (bicyclic) bond motifs is 1. The van der Waals surface area contributed by atoms with Crippen molar-refractivity contribution in [3.05, 3.63) is 52.7 Å². The number of aryl methyl sites for hydroxylation is 1. The van der Waals surface area contributed by atoms with Gasteiger partial charge in [-0.3, -0.25) is 9.89 Å². The van der Waals surface area contributed by atoms with Crippen molar-refractivity contribution < 1.29 is 4.79 Å². The Morgan fingerprint density at radius 2 is 2.10 bits per heavy atom. The van der Waals surface area contributed by atoms with E-state index in [4.69, 9.17) is 17.3 Å². The van der Waals surface area contributed by atoms with E-state index in [-0.39, 0.29) is 5.91 Å². The summed E-state index contributed by atoms with van der Waals surface area (Å²) in [4.78, 5) is 12.4. The minimum atomic E-state index is -0.308. The van der Waals surface area contributed by atoms with Gasteiger partial charge in [-0.05, 0) is 42.8 Å². The molecule has 0 radical (unpaired) electrons. The minimum Gasteiger partial charge on any atom is -0.399 e. The Bertz CT molecular complexity index is 841. The second kappa shape index (κ2) is 5.10. The van der Waals surface area contributed by atoms with Crippen LogP contribution in [0, 0.1) is 6.92 Å². The summed E-state index contributed by atoms with van der Waals surface area (Å²) in [5, 5.41) is 10.9. The van der Waals surface area contributed by atoms with Crippen LogP contribution in [0.3, 0.4) is 0 Å². The number of hydrogen-bond acceptors (Lipinski definition) is 3. The number of aromatic nitrogens is 2. The number of carbonyl (C=O) groups excluding carboxylic acids is 1. The molecule has 0 atom stereocenters. The molecule has 1 heterocycles. The quantitative estimate of drug-likeness (QED) is 0.634. The Morgan fingerprint density at radius 3 is 2.90 bits per heavy atom.